The van der Waals surface area contributed by atoms with Crippen LogP contribution in [0.1, 0.15) is 36.6 Å². The van der Waals surface area contributed by atoms with Gasteiger partial charge in [0.25, 0.3) is 6.43 Å². The van der Waals surface area contributed by atoms with Gasteiger partial charge in [-0.1, -0.05) is 19.0 Å². The first kappa shape index (κ1) is 24.1. The predicted octanol–water partition coefficient (Wildman–Crippen LogP) is 5.70. The van der Waals surface area contributed by atoms with E-state index in [0.29, 0.717) is 15.6 Å². The van der Waals surface area contributed by atoms with Crippen molar-refractivity contribution in [3.05, 3.63) is 59.3 Å². The Morgan fingerprint density at radius 1 is 1.09 bits per heavy atom. The van der Waals surface area contributed by atoms with Crippen molar-refractivity contribution in [2.24, 2.45) is 0 Å². The number of hydrogen-bond acceptors (Lipinski definition) is 9. The molecule has 0 spiro atoms. The summed E-state index contributed by atoms with van der Waals surface area (Å²) in [5, 5.41) is 10.9. The molecule has 4 heterocycles. The number of anilines is 2. The van der Waals surface area contributed by atoms with Crippen LogP contribution in [-0.2, 0) is 12.7 Å². The van der Waals surface area contributed by atoms with E-state index in [9.17, 15) is 22.0 Å². The van der Waals surface area contributed by atoms with Gasteiger partial charge in [0.15, 0.2) is 11.6 Å². The molecule has 8 nitrogen and oxygen atoms in total. The molecule has 0 amide bonds. The summed E-state index contributed by atoms with van der Waals surface area (Å²) in [5.41, 5.74) is -0.322. The van der Waals surface area contributed by atoms with Crippen molar-refractivity contribution < 1.29 is 26.5 Å². The van der Waals surface area contributed by atoms with Crippen LogP contribution in [0.4, 0.5) is 33.6 Å². The summed E-state index contributed by atoms with van der Waals surface area (Å²) in [5.74, 6) is -1.24. The molecule has 0 bridgehead atoms. The molecule has 0 aliphatic heterocycles. The smallest absolute Gasteiger partial charge is 0.329 e. The zero-order valence-electron chi connectivity index (χ0n) is 17.2. The number of hydrogen-bond donors (Lipinski definition) is 0. The highest BCUT2D eigenvalue weighted by molar-refractivity contribution is 7.15. The van der Waals surface area contributed by atoms with Crippen molar-refractivity contribution >= 4 is 23.0 Å². The van der Waals surface area contributed by atoms with Gasteiger partial charge in [-0.3, -0.25) is 4.98 Å². The van der Waals surface area contributed by atoms with Crippen LogP contribution >= 0.6 is 11.3 Å². The zero-order chi connectivity index (χ0) is 24.0. The highest BCUT2D eigenvalue weighted by atomic mass is 32.1. The first-order chi connectivity index (χ1) is 15.8. The largest absolute Gasteiger partial charge is 0.471 e. The molecule has 0 saturated heterocycles. The maximum Gasteiger partial charge on any atom is 0.471 e. The predicted molar refractivity (Wildman–Crippen MR) is 109 cm³/mol. The minimum Gasteiger partial charge on any atom is -0.329 e. The van der Waals surface area contributed by atoms with Crippen molar-refractivity contribution in [1.82, 2.24) is 30.3 Å². The van der Waals surface area contributed by atoms with E-state index < -0.39 is 18.5 Å². The summed E-state index contributed by atoms with van der Waals surface area (Å²) in [7, 11) is 0. The highest BCUT2D eigenvalue weighted by Gasteiger charge is 2.38. The monoisotopic (exact) mass is 485 g/mol. The lowest BCUT2D eigenvalue weighted by molar-refractivity contribution is -0.159. The molecule has 0 aliphatic rings. The summed E-state index contributed by atoms with van der Waals surface area (Å²) >= 11 is 1.10. The SMILES string of the molecule is CC.FC(F)c1cnnc(N(Cc2ccc(-c3noc(C(F)(F)F)n3)s2)c2cnccn2)c1. The van der Waals surface area contributed by atoms with Crippen molar-refractivity contribution in [2.45, 2.75) is 33.0 Å². The molecule has 4 aromatic heterocycles. The van der Waals surface area contributed by atoms with Crippen LogP contribution in [0.15, 0.2) is 47.5 Å². The van der Waals surface area contributed by atoms with Gasteiger partial charge in [-0.15, -0.1) is 16.4 Å². The molecular formula is C19H16F5N7OS. The van der Waals surface area contributed by atoms with Crippen molar-refractivity contribution in [1.29, 1.82) is 0 Å². The van der Waals surface area contributed by atoms with E-state index >= 15 is 0 Å². The quantitative estimate of drug-likeness (QED) is 0.321. The molecule has 0 atom stereocenters. The second-order valence-corrected chi connectivity index (χ2v) is 7.15. The average molecular weight is 485 g/mol. The van der Waals surface area contributed by atoms with E-state index in [1.807, 2.05) is 13.8 Å². The van der Waals surface area contributed by atoms with Crippen molar-refractivity contribution in [3.8, 4) is 10.7 Å². The molecule has 0 unspecified atom stereocenters. The fourth-order valence-corrected chi connectivity index (χ4v) is 3.43. The Kier molecular flexibility index (Phi) is 7.58. The van der Waals surface area contributed by atoms with E-state index in [0.717, 1.165) is 17.5 Å². The lowest BCUT2D eigenvalue weighted by atomic mass is 10.3. The van der Waals surface area contributed by atoms with Gasteiger partial charge >= 0.3 is 12.1 Å². The summed E-state index contributed by atoms with van der Waals surface area (Å²) in [6, 6.07) is 4.34. The van der Waals surface area contributed by atoms with Gasteiger partial charge in [0.2, 0.25) is 5.82 Å². The van der Waals surface area contributed by atoms with Crippen LogP contribution in [0.3, 0.4) is 0 Å². The van der Waals surface area contributed by atoms with E-state index in [1.165, 1.54) is 35.6 Å². The Hall–Kier alpha value is -3.55. The second kappa shape index (κ2) is 10.4. The Morgan fingerprint density at radius 2 is 1.88 bits per heavy atom. The minimum absolute atomic E-state index is 0.104. The highest BCUT2D eigenvalue weighted by Crippen LogP contribution is 2.33. The summed E-state index contributed by atoms with van der Waals surface area (Å²) in [6.45, 7) is 4.11. The fourth-order valence-electron chi connectivity index (χ4n) is 2.51. The number of alkyl halides is 5. The number of rotatable bonds is 6. The zero-order valence-corrected chi connectivity index (χ0v) is 18.0. The van der Waals surface area contributed by atoms with E-state index in [1.54, 1.807) is 6.07 Å². The van der Waals surface area contributed by atoms with Crippen molar-refractivity contribution in [3.63, 3.8) is 0 Å². The second-order valence-electron chi connectivity index (χ2n) is 5.98. The number of halogens is 5. The van der Waals surface area contributed by atoms with Gasteiger partial charge in [0, 0.05) is 22.8 Å². The van der Waals surface area contributed by atoms with Crippen LogP contribution in [0.25, 0.3) is 10.7 Å². The summed E-state index contributed by atoms with van der Waals surface area (Å²) < 4.78 is 68.5. The fraction of sp³-hybridized carbons (Fsp3) is 0.263. The van der Waals surface area contributed by atoms with Gasteiger partial charge in [-0.05, 0) is 18.2 Å². The minimum atomic E-state index is -4.75. The van der Waals surface area contributed by atoms with Gasteiger partial charge < -0.3 is 9.42 Å². The van der Waals surface area contributed by atoms with Gasteiger partial charge in [0.05, 0.1) is 23.8 Å². The molecule has 0 aromatic carbocycles. The topological polar surface area (TPSA) is 93.7 Å². The third-order valence-corrected chi connectivity index (χ3v) is 4.95. The summed E-state index contributed by atoms with van der Waals surface area (Å²) in [6.07, 6.45) is -2.25. The number of nitrogens with zero attached hydrogens (tertiary/aromatic N) is 7. The van der Waals surface area contributed by atoms with Gasteiger partial charge in [0.1, 0.15) is 0 Å². The van der Waals surface area contributed by atoms with Crippen molar-refractivity contribution in [2.75, 3.05) is 4.90 Å². The normalized spacial score (nSPS) is 11.3. The molecule has 0 aliphatic carbocycles. The molecular weight excluding hydrogens is 469 g/mol. The van der Waals surface area contributed by atoms with Crippen LogP contribution < -0.4 is 4.90 Å². The van der Waals surface area contributed by atoms with Crippen LogP contribution in [0, 0.1) is 0 Å². The lowest BCUT2D eigenvalue weighted by Crippen LogP contribution is -2.19. The molecule has 0 fully saturated rings. The van der Waals surface area contributed by atoms with E-state index in [4.69, 9.17) is 0 Å². The molecule has 33 heavy (non-hydrogen) atoms. The van der Waals surface area contributed by atoms with E-state index in [-0.39, 0.29) is 23.8 Å². The third kappa shape index (κ3) is 5.83. The molecule has 0 saturated carbocycles. The Bertz CT molecular complexity index is 1170. The molecule has 4 aromatic rings. The Morgan fingerprint density at radius 3 is 2.52 bits per heavy atom. The van der Waals surface area contributed by atoms with Gasteiger partial charge in [-0.25, -0.2) is 13.8 Å². The van der Waals surface area contributed by atoms with E-state index in [2.05, 4.69) is 34.8 Å². The Balaban J connectivity index is 0.00000149. The lowest BCUT2D eigenvalue weighted by Gasteiger charge is -2.21. The number of thiophene rings is 1. The maximum atomic E-state index is 13.1. The molecule has 0 radical (unpaired) electrons. The molecule has 0 N–H and O–H groups in total. The maximum absolute atomic E-state index is 13.1. The molecule has 14 heteroatoms. The third-order valence-electron chi connectivity index (χ3n) is 3.88. The van der Waals surface area contributed by atoms with Crippen LogP contribution in [0.5, 0.6) is 0 Å². The first-order valence-electron chi connectivity index (χ1n) is 9.45. The van der Waals surface area contributed by atoms with Crippen LogP contribution in [0.2, 0.25) is 0 Å². The molecule has 174 valence electrons. The Labute approximate surface area is 188 Å². The first-order valence-corrected chi connectivity index (χ1v) is 10.3. The molecule has 4 rings (SSSR count). The number of aromatic nitrogens is 6. The summed E-state index contributed by atoms with van der Waals surface area (Å²) in [4.78, 5) is 14.0. The average Bonchev–Trinajstić information content (AvgIpc) is 3.49. The standard InChI is InChI=1S/C17H10F5N7OS.C2H6/c18-14(19)9-5-12(27-25-6-9)29(13-7-23-3-4-24-13)8-10-1-2-11(31-10)15-26-16(30-28-15)17(20,21)22;1-2/h1-7,14H,8H2;1-2H3. The van der Waals surface area contributed by atoms with Gasteiger partial charge in [-0.2, -0.15) is 23.3 Å². The van der Waals surface area contributed by atoms with Crippen LogP contribution in [-0.4, -0.2) is 30.3 Å².